The van der Waals surface area contributed by atoms with Crippen LogP contribution in [0.15, 0.2) is 23.1 Å². The van der Waals surface area contributed by atoms with Gasteiger partial charge in [0.15, 0.2) is 0 Å². The second-order valence-corrected chi connectivity index (χ2v) is 9.12. The zero-order chi connectivity index (χ0) is 15.6. The summed E-state index contributed by atoms with van der Waals surface area (Å²) in [7, 11) is -3.45. The highest BCUT2D eigenvalue weighted by molar-refractivity contribution is 7.89. The Balaban J connectivity index is 1.62. The van der Waals surface area contributed by atoms with Crippen LogP contribution in [0.4, 0.5) is 0 Å². The van der Waals surface area contributed by atoms with Gasteiger partial charge >= 0.3 is 0 Å². The Morgan fingerprint density at radius 3 is 2.64 bits per heavy atom. The summed E-state index contributed by atoms with van der Waals surface area (Å²) in [6.07, 6.45) is 2.50. The molecule has 3 aliphatic heterocycles. The molecule has 22 heavy (non-hydrogen) atoms. The van der Waals surface area contributed by atoms with Crippen molar-refractivity contribution in [1.82, 2.24) is 4.31 Å². The van der Waals surface area contributed by atoms with Crippen molar-refractivity contribution in [3.63, 3.8) is 0 Å². The van der Waals surface area contributed by atoms with Crippen molar-refractivity contribution in [2.75, 3.05) is 19.7 Å². The molecule has 0 aromatic heterocycles. The Kier molecular flexibility index (Phi) is 2.94. The van der Waals surface area contributed by atoms with E-state index in [2.05, 4.69) is 0 Å². The highest BCUT2D eigenvalue weighted by atomic mass is 32.2. The normalized spacial score (nSPS) is 30.1. The average molecular weight is 323 g/mol. The van der Waals surface area contributed by atoms with Crippen LogP contribution in [0.2, 0.25) is 0 Å². The van der Waals surface area contributed by atoms with Crippen molar-refractivity contribution < 1.29 is 17.9 Å². The molecule has 2 saturated heterocycles. The Morgan fingerprint density at radius 1 is 1.23 bits per heavy atom. The summed E-state index contributed by atoms with van der Waals surface area (Å²) in [5, 5.41) is 0. The highest BCUT2D eigenvalue weighted by Crippen LogP contribution is 2.40. The van der Waals surface area contributed by atoms with Gasteiger partial charge < -0.3 is 9.47 Å². The van der Waals surface area contributed by atoms with Crippen LogP contribution in [0, 0.1) is 0 Å². The predicted octanol–water partition coefficient (Wildman–Crippen LogP) is 1.95. The second-order valence-electron chi connectivity index (χ2n) is 7.18. The fourth-order valence-electron chi connectivity index (χ4n) is 3.62. The van der Waals surface area contributed by atoms with E-state index < -0.39 is 10.0 Å². The fraction of sp³-hybridized carbons (Fsp3) is 0.625. The SMILES string of the molecule is CC1(C)Cc2cc(S(=O)(=O)N3CCC4(CCO4)C3)ccc2O1. The molecule has 120 valence electrons. The summed E-state index contributed by atoms with van der Waals surface area (Å²) < 4.78 is 38.7. The molecule has 1 unspecified atom stereocenters. The van der Waals surface area contributed by atoms with E-state index in [9.17, 15) is 8.42 Å². The smallest absolute Gasteiger partial charge is 0.243 e. The number of fused-ring (bicyclic) bond motifs is 1. The first-order valence-electron chi connectivity index (χ1n) is 7.76. The minimum absolute atomic E-state index is 0.213. The summed E-state index contributed by atoms with van der Waals surface area (Å²) in [6.45, 7) is 5.80. The van der Waals surface area contributed by atoms with Crippen LogP contribution in [-0.4, -0.2) is 43.6 Å². The molecule has 0 saturated carbocycles. The van der Waals surface area contributed by atoms with Crippen molar-refractivity contribution in [3.05, 3.63) is 23.8 Å². The van der Waals surface area contributed by atoms with Gasteiger partial charge in [-0.1, -0.05) is 0 Å². The van der Waals surface area contributed by atoms with E-state index in [1.165, 1.54) is 0 Å². The quantitative estimate of drug-likeness (QED) is 0.835. The molecule has 1 spiro atoms. The third-order valence-corrected chi connectivity index (χ3v) is 6.76. The van der Waals surface area contributed by atoms with Crippen molar-refractivity contribution in [2.24, 2.45) is 0 Å². The largest absolute Gasteiger partial charge is 0.487 e. The van der Waals surface area contributed by atoms with Gasteiger partial charge in [-0.2, -0.15) is 4.31 Å². The lowest BCUT2D eigenvalue weighted by molar-refractivity contribution is -0.134. The van der Waals surface area contributed by atoms with Gasteiger partial charge in [-0.3, -0.25) is 0 Å². The Labute approximate surface area is 131 Å². The zero-order valence-corrected chi connectivity index (χ0v) is 13.8. The van der Waals surface area contributed by atoms with Crippen LogP contribution in [0.25, 0.3) is 0 Å². The molecular formula is C16H21NO4S. The predicted molar refractivity (Wildman–Crippen MR) is 81.5 cm³/mol. The molecule has 3 aliphatic rings. The van der Waals surface area contributed by atoms with E-state index in [4.69, 9.17) is 9.47 Å². The molecule has 0 bridgehead atoms. The first-order chi connectivity index (χ1) is 10.3. The maximum atomic E-state index is 12.9. The molecule has 3 heterocycles. The zero-order valence-electron chi connectivity index (χ0n) is 13.0. The van der Waals surface area contributed by atoms with Gasteiger partial charge in [-0.25, -0.2) is 8.42 Å². The highest BCUT2D eigenvalue weighted by Gasteiger charge is 2.48. The minimum atomic E-state index is -3.45. The van der Waals surface area contributed by atoms with Gasteiger partial charge in [-0.05, 0) is 44.0 Å². The number of benzene rings is 1. The van der Waals surface area contributed by atoms with Crippen LogP contribution in [0.1, 0.15) is 32.3 Å². The molecule has 2 fully saturated rings. The molecule has 0 radical (unpaired) electrons. The maximum Gasteiger partial charge on any atom is 0.243 e. The summed E-state index contributed by atoms with van der Waals surface area (Å²) >= 11 is 0. The Bertz CT molecular complexity index is 722. The number of hydrogen-bond donors (Lipinski definition) is 0. The molecule has 1 aromatic rings. The third kappa shape index (κ3) is 2.16. The molecule has 1 aromatic carbocycles. The van der Waals surface area contributed by atoms with Crippen LogP contribution in [-0.2, 0) is 21.2 Å². The number of ether oxygens (including phenoxy) is 2. The monoisotopic (exact) mass is 323 g/mol. The summed E-state index contributed by atoms with van der Waals surface area (Å²) in [5.74, 6) is 0.796. The number of sulfonamides is 1. The fourth-order valence-corrected chi connectivity index (χ4v) is 5.19. The molecule has 0 aliphatic carbocycles. The first-order valence-corrected chi connectivity index (χ1v) is 9.20. The van der Waals surface area contributed by atoms with Crippen LogP contribution < -0.4 is 4.74 Å². The number of hydrogen-bond acceptors (Lipinski definition) is 4. The van der Waals surface area contributed by atoms with E-state index in [1.54, 1.807) is 22.5 Å². The Hall–Kier alpha value is -1.11. The lowest BCUT2D eigenvalue weighted by Crippen LogP contribution is -2.46. The van der Waals surface area contributed by atoms with Crippen molar-refractivity contribution in [1.29, 1.82) is 0 Å². The summed E-state index contributed by atoms with van der Waals surface area (Å²) in [4.78, 5) is 0.365. The molecule has 0 N–H and O–H groups in total. The minimum Gasteiger partial charge on any atom is -0.487 e. The van der Waals surface area contributed by atoms with E-state index >= 15 is 0 Å². The molecule has 0 amide bonds. The maximum absolute atomic E-state index is 12.9. The van der Waals surface area contributed by atoms with Gasteiger partial charge in [0.2, 0.25) is 10.0 Å². The van der Waals surface area contributed by atoms with Gasteiger partial charge in [-0.15, -0.1) is 0 Å². The lowest BCUT2D eigenvalue weighted by atomic mass is 9.94. The average Bonchev–Trinajstić information content (AvgIpc) is 2.96. The van der Waals surface area contributed by atoms with Crippen LogP contribution >= 0.6 is 0 Å². The molecule has 5 nitrogen and oxygen atoms in total. The lowest BCUT2D eigenvalue weighted by Gasteiger charge is -2.38. The standard InChI is InChI=1S/C16H21NO4S/c1-15(2)10-12-9-13(3-4-14(12)21-15)22(18,19)17-7-5-16(11-17)6-8-20-16/h3-4,9H,5-8,10-11H2,1-2H3. The van der Waals surface area contributed by atoms with Gasteiger partial charge in [0.1, 0.15) is 11.4 Å². The summed E-state index contributed by atoms with van der Waals surface area (Å²) in [6, 6.07) is 5.21. The summed E-state index contributed by atoms with van der Waals surface area (Å²) in [5.41, 5.74) is 0.497. The van der Waals surface area contributed by atoms with E-state index in [1.807, 2.05) is 13.8 Å². The van der Waals surface area contributed by atoms with E-state index in [0.717, 1.165) is 37.2 Å². The van der Waals surface area contributed by atoms with E-state index in [-0.39, 0.29) is 11.2 Å². The van der Waals surface area contributed by atoms with E-state index in [0.29, 0.717) is 18.0 Å². The number of nitrogens with zero attached hydrogens (tertiary/aromatic N) is 1. The molecular weight excluding hydrogens is 302 g/mol. The van der Waals surface area contributed by atoms with Crippen LogP contribution in [0.3, 0.4) is 0 Å². The first kappa shape index (κ1) is 14.5. The van der Waals surface area contributed by atoms with Gasteiger partial charge in [0.05, 0.1) is 17.1 Å². The second kappa shape index (κ2) is 4.46. The van der Waals surface area contributed by atoms with Crippen molar-refractivity contribution in [2.45, 2.75) is 49.2 Å². The molecule has 1 atom stereocenters. The molecule has 4 rings (SSSR count). The number of rotatable bonds is 2. The van der Waals surface area contributed by atoms with Crippen LogP contribution in [0.5, 0.6) is 5.75 Å². The van der Waals surface area contributed by atoms with Crippen molar-refractivity contribution in [3.8, 4) is 5.75 Å². The van der Waals surface area contributed by atoms with Crippen molar-refractivity contribution >= 4 is 10.0 Å². The topological polar surface area (TPSA) is 55.8 Å². The Morgan fingerprint density at radius 2 is 2.00 bits per heavy atom. The van der Waals surface area contributed by atoms with Gasteiger partial charge in [0.25, 0.3) is 0 Å². The third-order valence-electron chi connectivity index (χ3n) is 4.92. The molecule has 6 heteroatoms. The van der Waals surface area contributed by atoms with Gasteiger partial charge in [0, 0.05) is 25.9 Å².